The molecule has 0 bridgehead atoms. The number of thiazole rings is 1. The van der Waals surface area contributed by atoms with Gasteiger partial charge in [0.05, 0.1) is 15.1 Å². The zero-order valence-corrected chi connectivity index (χ0v) is 17.1. The molecule has 1 aromatic heterocycles. The van der Waals surface area contributed by atoms with Crippen molar-refractivity contribution in [3.8, 4) is 0 Å². The van der Waals surface area contributed by atoms with Crippen LogP contribution >= 0.6 is 34.7 Å². The third kappa shape index (κ3) is 4.32. The van der Waals surface area contributed by atoms with Crippen molar-refractivity contribution in [1.29, 1.82) is 0 Å². The number of nitrogens with zero attached hydrogens (tertiary/aromatic N) is 1. The van der Waals surface area contributed by atoms with Crippen LogP contribution in [0.15, 0.2) is 57.1 Å². The zero-order chi connectivity index (χ0) is 18.7. The van der Waals surface area contributed by atoms with Crippen LogP contribution in [0.4, 0.5) is 0 Å². The number of aryl methyl sites for hydroxylation is 1. The summed E-state index contributed by atoms with van der Waals surface area (Å²) < 4.78 is 29.9. The first-order chi connectivity index (χ1) is 12.4. The number of rotatable bonds is 7. The Morgan fingerprint density at radius 3 is 2.62 bits per heavy atom. The van der Waals surface area contributed by atoms with Crippen molar-refractivity contribution in [3.05, 3.63) is 57.2 Å². The molecule has 0 radical (unpaired) electrons. The third-order valence-corrected chi connectivity index (χ3v) is 7.41. The van der Waals surface area contributed by atoms with E-state index in [0.717, 1.165) is 21.7 Å². The molecule has 3 rings (SSSR count). The van der Waals surface area contributed by atoms with Gasteiger partial charge in [-0.15, -0.1) is 11.8 Å². The van der Waals surface area contributed by atoms with Crippen LogP contribution < -0.4 is 9.60 Å². The molecule has 0 saturated carbocycles. The molecule has 0 saturated heterocycles. The van der Waals surface area contributed by atoms with Crippen LogP contribution in [0.3, 0.4) is 0 Å². The number of aromatic nitrogens is 1. The first-order valence-electron chi connectivity index (χ1n) is 7.92. The minimum Gasteiger partial charge on any atom is -0.299 e. The Morgan fingerprint density at radius 1 is 1.19 bits per heavy atom. The Morgan fingerprint density at radius 2 is 1.92 bits per heavy atom. The van der Waals surface area contributed by atoms with Crippen LogP contribution in [0.25, 0.3) is 10.2 Å². The van der Waals surface area contributed by atoms with Gasteiger partial charge in [0.15, 0.2) is 0 Å². The summed E-state index contributed by atoms with van der Waals surface area (Å²) >= 11 is 8.45. The van der Waals surface area contributed by atoms with E-state index in [1.165, 1.54) is 6.07 Å². The molecule has 1 heterocycles. The molecule has 0 spiro atoms. The van der Waals surface area contributed by atoms with Gasteiger partial charge in [0.2, 0.25) is 10.0 Å². The molecule has 5 nitrogen and oxygen atoms in total. The molecule has 0 aliphatic rings. The van der Waals surface area contributed by atoms with E-state index in [0.29, 0.717) is 28.6 Å². The smallest absolute Gasteiger partial charge is 0.299 e. The van der Waals surface area contributed by atoms with E-state index in [1.807, 2.05) is 19.1 Å². The molecule has 0 atom stereocenters. The van der Waals surface area contributed by atoms with Crippen LogP contribution in [-0.2, 0) is 16.6 Å². The fourth-order valence-electron chi connectivity index (χ4n) is 2.47. The van der Waals surface area contributed by atoms with E-state index in [-0.39, 0.29) is 9.77 Å². The third-order valence-electron chi connectivity index (χ3n) is 3.74. The predicted octanol–water partition coefficient (Wildman–Crippen LogP) is 3.81. The highest BCUT2D eigenvalue weighted by molar-refractivity contribution is 7.99. The normalized spacial score (nSPS) is 11.9. The highest BCUT2D eigenvalue weighted by Crippen LogP contribution is 2.22. The molecule has 2 aromatic carbocycles. The average Bonchev–Trinajstić information content (AvgIpc) is 2.94. The summed E-state index contributed by atoms with van der Waals surface area (Å²) in [7, 11) is -3.61. The van der Waals surface area contributed by atoms with Crippen LogP contribution in [0, 0.1) is 0 Å². The van der Waals surface area contributed by atoms with Gasteiger partial charge in [-0.25, -0.2) is 13.1 Å². The van der Waals surface area contributed by atoms with Crippen LogP contribution in [0.1, 0.15) is 6.92 Å². The van der Waals surface area contributed by atoms with E-state index in [2.05, 4.69) is 4.72 Å². The molecular weight excluding hydrogens is 412 g/mol. The van der Waals surface area contributed by atoms with Crippen molar-refractivity contribution in [2.45, 2.75) is 23.3 Å². The summed E-state index contributed by atoms with van der Waals surface area (Å²) in [6.45, 7) is 2.75. The van der Waals surface area contributed by atoms with Crippen molar-refractivity contribution in [3.63, 3.8) is 0 Å². The van der Waals surface area contributed by atoms with Gasteiger partial charge in [0.25, 0.3) is 0 Å². The molecule has 26 heavy (non-hydrogen) atoms. The number of benzene rings is 2. The second-order valence-corrected chi connectivity index (χ2v) is 9.81. The summed E-state index contributed by atoms with van der Waals surface area (Å²) in [6, 6.07) is 12.2. The summed E-state index contributed by atoms with van der Waals surface area (Å²) in [4.78, 5) is 13.0. The van der Waals surface area contributed by atoms with Gasteiger partial charge >= 0.3 is 4.87 Å². The fraction of sp³-hybridized carbons (Fsp3) is 0.235. The Hall–Kier alpha value is -1.32. The Kier molecular flexibility index (Phi) is 6.09. The minimum atomic E-state index is -3.61. The maximum atomic E-state index is 12.5. The molecule has 3 aromatic rings. The average molecular weight is 429 g/mol. The van der Waals surface area contributed by atoms with Crippen LogP contribution in [-0.4, -0.2) is 25.3 Å². The maximum Gasteiger partial charge on any atom is 0.308 e. The van der Waals surface area contributed by atoms with Crippen molar-refractivity contribution in [2.24, 2.45) is 0 Å². The molecule has 138 valence electrons. The SMILES string of the molecule is CCn1c(=O)sc2cc(S(=O)(=O)NCCSc3ccc(Cl)cc3)ccc21. The summed E-state index contributed by atoms with van der Waals surface area (Å²) in [5, 5.41) is 0.671. The van der Waals surface area contributed by atoms with Crippen molar-refractivity contribution in [2.75, 3.05) is 12.3 Å². The number of halogens is 1. The van der Waals surface area contributed by atoms with Gasteiger partial charge < -0.3 is 0 Å². The lowest BCUT2D eigenvalue weighted by Crippen LogP contribution is -2.26. The molecule has 0 aliphatic carbocycles. The van der Waals surface area contributed by atoms with E-state index in [9.17, 15) is 13.2 Å². The predicted molar refractivity (Wildman–Crippen MR) is 109 cm³/mol. The summed E-state index contributed by atoms with van der Waals surface area (Å²) in [5.74, 6) is 0.600. The summed E-state index contributed by atoms with van der Waals surface area (Å²) in [6.07, 6.45) is 0. The van der Waals surface area contributed by atoms with Crippen molar-refractivity contribution >= 4 is 54.9 Å². The number of fused-ring (bicyclic) bond motifs is 1. The van der Waals surface area contributed by atoms with E-state index in [4.69, 9.17) is 11.6 Å². The van der Waals surface area contributed by atoms with Crippen molar-refractivity contribution < 1.29 is 8.42 Å². The quantitative estimate of drug-likeness (QED) is 0.459. The van der Waals surface area contributed by atoms with Crippen molar-refractivity contribution in [1.82, 2.24) is 9.29 Å². The number of hydrogen-bond acceptors (Lipinski definition) is 5. The van der Waals surface area contributed by atoms with Crippen LogP contribution in [0.2, 0.25) is 5.02 Å². The van der Waals surface area contributed by atoms with Gasteiger partial charge in [-0.3, -0.25) is 9.36 Å². The molecule has 0 amide bonds. The van der Waals surface area contributed by atoms with Crippen LogP contribution in [0.5, 0.6) is 0 Å². The largest absolute Gasteiger partial charge is 0.308 e. The number of hydrogen-bond donors (Lipinski definition) is 1. The Balaban J connectivity index is 1.67. The number of sulfonamides is 1. The fourth-order valence-corrected chi connectivity index (χ4v) is 5.62. The van der Waals surface area contributed by atoms with Gasteiger partial charge in [-0.2, -0.15) is 0 Å². The second-order valence-electron chi connectivity index (χ2n) is 5.44. The van der Waals surface area contributed by atoms with Gasteiger partial charge in [0.1, 0.15) is 0 Å². The molecular formula is C17H17ClN2O3S3. The van der Waals surface area contributed by atoms with E-state index >= 15 is 0 Å². The van der Waals surface area contributed by atoms with Gasteiger partial charge in [0, 0.05) is 28.8 Å². The summed E-state index contributed by atoms with van der Waals surface area (Å²) in [5.41, 5.74) is 0.764. The molecule has 1 N–H and O–H groups in total. The number of thioether (sulfide) groups is 1. The second kappa shape index (κ2) is 8.14. The first-order valence-corrected chi connectivity index (χ1v) is 11.6. The standard InChI is InChI=1S/C17H17ClN2O3S3/c1-2-20-15-8-7-14(11-16(15)25-17(20)21)26(22,23)19-9-10-24-13-5-3-12(18)4-6-13/h3-8,11,19H,2,9-10H2,1H3. The van der Waals surface area contributed by atoms with Gasteiger partial charge in [-0.1, -0.05) is 22.9 Å². The lowest BCUT2D eigenvalue weighted by atomic mass is 10.3. The maximum absolute atomic E-state index is 12.5. The minimum absolute atomic E-state index is 0.0793. The Bertz CT molecular complexity index is 1070. The zero-order valence-electron chi connectivity index (χ0n) is 13.9. The molecule has 0 fully saturated rings. The first kappa shape index (κ1) is 19.4. The number of nitrogens with one attached hydrogen (secondary N) is 1. The lowest BCUT2D eigenvalue weighted by Gasteiger charge is -2.07. The highest BCUT2D eigenvalue weighted by atomic mass is 35.5. The lowest BCUT2D eigenvalue weighted by molar-refractivity contribution is 0.584. The van der Waals surface area contributed by atoms with E-state index in [1.54, 1.807) is 40.6 Å². The Labute approximate surface area is 165 Å². The highest BCUT2D eigenvalue weighted by Gasteiger charge is 2.16. The monoisotopic (exact) mass is 428 g/mol. The molecule has 0 aliphatic heterocycles. The van der Waals surface area contributed by atoms with Gasteiger partial charge in [-0.05, 0) is 49.4 Å². The topological polar surface area (TPSA) is 68.2 Å². The molecule has 0 unspecified atom stereocenters. The van der Waals surface area contributed by atoms with E-state index < -0.39 is 10.0 Å². The molecule has 9 heteroatoms.